The Balaban J connectivity index is 2.29. The van der Waals surface area contributed by atoms with Crippen molar-refractivity contribution in [3.05, 3.63) is 0 Å². The SMILES string of the molecule is CCC1(CC)CCN(CCCC(C)(C)C(=O)O)CC1. The van der Waals surface area contributed by atoms with E-state index in [-0.39, 0.29) is 0 Å². The van der Waals surface area contributed by atoms with Gasteiger partial charge in [-0.15, -0.1) is 0 Å². The summed E-state index contributed by atoms with van der Waals surface area (Å²) in [5.41, 5.74) is 0.00319. The Labute approximate surface area is 118 Å². The van der Waals surface area contributed by atoms with Gasteiger partial charge in [0.25, 0.3) is 0 Å². The summed E-state index contributed by atoms with van der Waals surface area (Å²) >= 11 is 0. The molecule has 0 saturated carbocycles. The van der Waals surface area contributed by atoms with Gasteiger partial charge in [-0.1, -0.05) is 26.7 Å². The lowest BCUT2D eigenvalue weighted by Crippen LogP contribution is -2.40. The summed E-state index contributed by atoms with van der Waals surface area (Å²) in [5, 5.41) is 9.10. The Bertz CT molecular complexity index is 285. The number of carbonyl (C=O) groups is 1. The molecule has 1 fully saturated rings. The molecule has 0 spiro atoms. The van der Waals surface area contributed by atoms with Crippen molar-refractivity contribution < 1.29 is 9.90 Å². The van der Waals surface area contributed by atoms with E-state index in [4.69, 9.17) is 5.11 Å². The zero-order valence-corrected chi connectivity index (χ0v) is 13.2. The number of likely N-dealkylation sites (tertiary alicyclic amines) is 1. The number of nitrogens with zero attached hydrogens (tertiary/aromatic N) is 1. The molecule has 1 aliphatic heterocycles. The van der Waals surface area contributed by atoms with Gasteiger partial charge in [-0.25, -0.2) is 0 Å². The van der Waals surface area contributed by atoms with Gasteiger partial charge in [0.2, 0.25) is 0 Å². The van der Waals surface area contributed by atoms with Gasteiger partial charge in [0, 0.05) is 0 Å². The fourth-order valence-corrected chi connectivity index (χ4v) is 3.06. The lowest BCUT2D eigenvalue weighted by molar-refractivity contribution is -0.147. The maximum Gasteiger partial charge on any atom is 0.309 e. The lowest BCUT2D eigenvalue weighted by Gasteiger charge is -2.41. The van der Waals surface area contributed by atoms with E-state index >= 15 is 0 Å². The van der Waals surface area contributed by atoms with Crippen LogP contribution in [-0.2, 0) is 4.79 Å². The van der Waals surface area contributed by atoms with E-state index in [0.717, 1.165) is 19.4 Å². The van der Waals surface area contributed by atoms with Crippen molar-refractivity contribution >= 4 is 5.97 Å². The predicted octanol–water partition coefficient (Wildman–Crippen LogP) is 3.78. The van der Waals surface area contributed by atoms with Crippen LogP contribution in [0.15, 0.2) is 0 Å². The molecule has 1 heterocycles. The summed E-state index contributed by atoms with van der Waals surface area (Å²) in [6.45, 7) is 11.7. The van der Waals surface area contributed by atoms with Crippen LogP contribution >= 0.6 is 0 Å². The van der Waals surface area contributed by atoms with Gasteiger partial charge in [-0.3, -0.25) is 4.79 Å². The van der Waals surface area contributed by atoms with Crippen molar-refractivity contribution in [2.75, 3.05) is 19.6 Å². The van der Waals surface area contributed by atoms with Crippen molar-refractivity contribution in [3.63, 3.8) is 0 Å². The summed E-state index contributed by atoms with van der Waals surface area (Å²) in [6, 6.07) is 0. The van der Waals surface area contributed by atoms with E-state index in [2.05, 4.69) is 18.7 Å². The number of piperidine rings is 1. The number of hydrogen-bond acceptors (Lipinski definition) is 2. The van der Waals surface area contributed by atoms with Gasteiger partial charge in [0.15, 0.2) is 0 Å². The van der Waals surface area contributed by atoms with Crippen molar-refractivity contribution in [2.45, 2.75) is 66.2 Å². The first-order chi connectivity index (χ1) is 8.85. The van der Waals surface area contributed by atoms with Crippen molar-refractivity contribution in [1.82, 2.24) is 4.90 Å². The molecule has 1 rings (SSSR count). The van der Waals surface area contributed by atoms with Gasteiger partial charge in [-0.05, 0) is 64.6 Å². The molecule has 19 heavy (non-hydrogen) atoms. The highest BCUT2D eigenvalue weighted by molar-refractivity contribution is 5.73. The van der Waals surface area contributed by atoms with Gasteiger partial charge in [0.1, 0.15) is 0 Å². The predicted molar refractivity (Wildman–Crippen MR) is 79.3 cm³/mol. The molecule has 1 aliphatic rings. The van der Waals surface area contributed by atoms with Crippen molar-refractivity contribution in [3.8, 4) is 0 Å². The van der Waals surface area contributed by atoms with E-state index in [1.165, 1.54) is 38.8 Å². The molecule has 0 radical (unpaired) electrons. The number of rotatable bonds is 7. The number of carboxylic acid groups (broad SMARTS) is 1. The zero-order valence-electron chi connectivity index (χ0n) is 13.2. The van der Waals surface area contributed by atoms with E-state index in [1.54, 1.807) is 0 Å². The van der Waals surface area contributed by atoms with Gasteiger partial charge < -0.3 is 10.0 Å². The van der Waals surface area contributed by atoms with Crippen LogP contribution < -0.4 is 0 Å². The highest BCUT2D eigenvalue weighted by Crippen LogP contribution is 2.38. The fraction of sp³-hybridized carbons (Fsp3) is 0.938. The highest BCUT2D eigenvalue weighted by atomic mass is 16.4. The number of hydrogen-bond donors (Lipinski definition) is 1. The Morgan fingerprint density at radius 1 is 1.21 bits per heavy atom. The Morgan fingerprint density at radius 2 is 1.74 bits per heavy atom. The maximum absolute atomic E-state index is 11.1. The van der Waals surface area contributed by atoms with Crippen LogP contribution in [0.2, 0.25) is 0 Å². The minimum Gasteiger partial charge on any atom is -0.481 e. The van der Waals surface area contributed by atoms with Crippen LogP contribution in [0, 0.1) is 10.8 Å². The van der Waals surface area contributed by atoms with Crippen LogP contribution in [0.1, 0.15) is 66.2 Å². The largest absolute Gasteiger partial charge is 0.481 e. The first-order valence-electron chi connectivity index (χ1n) is 7.81. The van der Waals surface area contributed by atoms with Crippen LogP contribution in [-0.4, -0.2) is 35.6 Å². The molecule has 0 aromatic rings. The van der Waals surface area contributed by atoms with Gasteiger partial charge >= 0.3 is 5.97 Å². The summed E-state index contributed by atoms with van der Waals surface area (Å²) < 4.78 is 0. The maximum atomic E-state index is 11.1. The molecule has 0 aliphatic carbocycles. The minimum atomic E-state index is -0.679. The summed E-state index contributed by atoms with van der Waals surface area (Å²) in [5.74, 6) is -0.679. The molecular formula is C16H31NO2. The molecule has 0 atom stereocenters. The molecule has 0 bridgehead atoms. The van der Waals surface area contributed by atoms with Gasteiger partial charge in [0.05, 0.1) is 5.41 Å². The molecule has 3 heteroatoms. The molecular weight excluding hydrogens is 238 g/mol. The fourth-order valence-electron chi connectivity index (χ4n) is 3.06. The average Bonchev–Trinajstić information content (AvgIpc) is 2.39. The molecule has 0 unspecified atom stereocenters. The van der Waals surface area contributed by atoms with Gasteiger partial charge in [-0.2, -0.15) is 0 Å². The van der Waals surface area contributed by atoms with Crippen LogP contribution in [0.25, 0.3) is 0 Å². The molecule has 112 valence electrons. The lowest BCUT2D eigenvalue weighted by atomic mass is 9.74. The highest BCUT2D eigenvalue weighted by Gasteiger charge is 2.31. The molecule has 0 amide bonds. The van der Waals surface area contributed by atoms with E-state index in [0.29, 0.717) is 5.41 Å². The standard InChI is InChI=1S/C16H31NO2/c1-5-16(6-2)9-12-17(13-10-16)11-7-8-15(3,4)14(18)19/h5-13H2,1-4H3,(H,18,19). The molecule has 0 aromatic heterocycles. The molecule has 3 nitrogen and oxygen atoms in total. The smallest absolute Gasteiger partial charge is 0.309 e. The Kier molecular flexibility index (Phi) is 5.84. The molecule has 0 aromatic carbocycles. The van der Waals surface area contributed by atoms with Crippen LogP contribution in [0.3, 0.4) is 0 Å². The monoisotopic (exact) mass is 269 g/mol. The Hall–Kier alpha value is -0.570. The zero-order chi connectivity index (χ0) is 14.5. The molecule has 1 saturated heterocycles. The number of carboxylic acids is 1. The van der Waals surface area contributed by atoms with E-state index in [9.17, 15) is 4.79 Å². The summed E-state index contributed by atoms with van der Waals surface area (Å²) in [4.78, 5) is 13.6. The van der Waals surface area contributed by atoms with Crippen molar-refractivity contribution in [2.24, 2.45) is 10.8 Å². The second-order valence-electron chi connectivity index (χ2n) is 6.84. The quantitative estimate of drug-likeness (QED) is 0.764. The van der Waals surface area contributed by atoms with E-state index < -0.39 is 11.4 Å². The Morgan fingerprint density at radius 3 is 2.16 bits per heavy atom. The topological polar surface area (TPSA) is 40.5 Å². The molecule has 1 N–H and O–H groups in total. The normalized spacial score (nSPS) is 20.4. The first kappa shape index (κ1) is 16.5. The van der Waals surface area contributed by atoms with Crippen LogP contribution in [0.5, 0.6) is 0 Å². The number of aliphatic carboxylic acids is 1. The van der Waals surface area contributed by atoms with E-state index in [1.807, 2.05) is 13.8 Å². The second kappa shape index (κ2) is 6.74. The minimum absolute atomic E-state index is 0.577. The third-order valence-electron chi connectivity index (χ3n) is 5.27. The third-order valence-corrected chi connectivity index (χ3v) is 5.27. The first-order valence-corrected chi connectivity index (χ1v) is 7.81. The summed E-state index contributed by atoms with van der Waals surface area (Å²) in [7, 11) is 0. The third kappa shape index (κ3) is 4.48. The van der Waals surface area contributed by atoms with Crippen molar-refractivity contribution in [1.29, 1.82) is 0 Å². The second-order valence-corrected chi connectivity index (χ2v) is 6.84. The van der Waals surface area contributed by atoms with Crippen LogP contribution in [0.4, 0.5) is 0 Å². The summed E-state index contributed by atoms with van der Waals surface area (Å²) in [6.07, 6.45) is 6.97. The average molecular weight is 269 g/mol.